The standard InChI is InChI=1S/C51H39NO/c1-33-25-26-36(37-27-28-49-46(30-37)42-21-11-13-23-48(42)52(49)39-17-7-4-8-18-39)29-44(33)41-20-10-9-19-40(41)34(2)45-31-38(35-15-5-3-6-16-35)32-47-43-22-12-14-24-50(43)53-51(45)47/h3-7,9-17,19-32,34H,8,18H2,1-2H3. The van der Waals surface area contributed by atoms with Crippen molar-refractivity contribution in [2.24, 2.45) is 0 Å². The molecule has 53 heavy (non-hydrogen) atoms. The van der Waals surface area contributed by atoms with E-state index in [1.807, 2.05) is 0 Å². The second kappa shape index (κ2) is 12.7. The van der Waals surface area contributed by atoms with E-state index in [2.05, 4.69) is 188 Å². The fraction of sp³-hybridized carbons (Fsp3) is 0.0980. The predicted molar refractivity (Wildman–Crippen MR) is 224 cm³/mol. The molecule has 0 spiro atoms. The van der Waals surface area contributed by atoms with Gasteiger partial charge in [-0.3, -0.25) is 0 Å². The number of allylic oxidation sites excluding steroid dienone is 4. The van der Waals surface area contributed by atoms with Crippen molar-refractivity contribution in [1.82, 2.24) is 4.57 Å². The molecule has 9 aromatic rings. The van der Waals surface area contributed by atoms with Crippen molar-refractivity contribution in [2.45, 2.75) is 32.6 Å². The summed E-state index contributed by atoms with van der Waals surface area (Å²) >= 11 is 0. The summed E-state index contributed by atoms with van der Waals surface area (Å²) in [5.41, 5.74) is 16.9. The van der Waals surface area contributed by atoms with E-state index in [4.69, 9.17) is 4.42 Å². The number of fused-ring (bicyclic) bond motifs is 6. The molecule has 10 rings (SSSR count). The Labute approximate surface area is 309 Å². The maximum atomic E-state index is 6.66. The van der Waals surface area contributed by atoms with Gasteiger partial charge in [-0.25, -0.2) is 0 Å². The lowest BCUT2D eigenvalue weighted by Gasteiger charge is -2.20. The molecular weight excluding hydrogens is 643 g/mol. The molecule has 0 aliphatic heterocycles. The molecule has 2 nitrogen and oxygen atoms in total. The van der Waals surface area contributed by atoms with E-state index in [0.717, 1.165) is 34.8 Å². The molecule has 0 saturated carbocycles. The zero-order chi connectivity index (χ0) is 35.5. The molecule has 0 bridgehead atoms. The number of rotatable bonds is 6. The zero-order valence-corrected chi connectivity index (χ0v) is 30.0. The second-order valence-corrected chi connectivity index (χ2v) is 14.5. The zero-order valence-electron chi connectivity index (χ0n) is 30.0. The number of aromatic nitrogens is 1. The van der Waals surface area contributed by atoms with Gasteiger partial charge in [0.15, 0.2) is 0 Å². The van der Waals surface area contributed by atoms with Gasteiger partial charge in [0, 0.05) is 38.7 Å². The molecule has 1 atom stereocenters. The van der Waals surface area contributed by atoms with Crippen LogP contribution in [-0.2, 0) is 0 Å². The molecule has 254 valence electrons. The Morgan fingerprint density at radius 1 is 0.547 bits per heavy atom. The van der Waals surface area contributed by atoms with Crippen LogP contribution in [0.3, 0.4) is 0 Å². The van der Waals surface area contributed by atoms with E-state index < -0.39 is 0 Å². The van der Waals surface area contributed by atoms with Crippen LogP contribution in [0.2, 0.25) is 0 Å². The van der Waals surface area contributed by atoms with Gasteiger partial charge in [-0.1, -0.05) is 128 Å². The van der Waals surface area contributed by atoms with Crippen LogP contribution in [0, 0.1) is 6.92 Å². The minimum absolute atomic E-state index is 0.0763. The Morgan fingerprint density at radius 2 is 1.26 bits per heavy atom. The summed E-state index contributed by atoms with van der Waals surface area (Å²) in [5, 5.41) is 4.89. The molecule has 0 amide bonds. The van der Waals surface area contributed by atoms with Gasteiger partial charge in [0.25, 0.3) is 0 Å². The van der Waals surface area contributed by atoms with E-state index in [1.165, 1.54) is 77.6 Å². The lowest BCUT2D eigenvalue weighted by Crippen LogP contribution is -2.01. The number of benzene rings is 7. The van der Waals surface area contributed by atoms with E-state index in [9.17, 15) is 0 Å². The van der Waals surface area contributed by atoms with Crippen molar-refractivity contribution in [3.63, 3.8) is 0 Å². The van der Waals surface area contributed by atoms with Gasteiger partial charge in [0.1, 0.15) is 11.2 Å². The molecule has 1 unspecified atom stereocenters. The first-order valence-electron chi connectivity index (χ1n) is 18.7. The maximum absolute atomic E-state index is 6.66. The lowest BCUT2D eigenvalue weighted by atomic mass is 9.83. The summed E-state index contributed by atoms with van der Waals surface area (Å²) in [6, 6.07) is 55.5. The highest BCUT2D eigenvalue weighted by Crippen LogP contribution is 2.43. The minimum Gasteiger partial charge on any atom is -0.456 e. The number of hydrogen-bond donors (Lipinski definition) is 0. The molecule has 0 fully saturated rings. The number of furan rings is 1. The molecule has 7 aromatic carbocycles. The van der Waals surface area contributed by atoms with Crippen molar-refractivity contribution in [2.75, 3.05) is 0 Å². The topological polar surface area (TPSA) is 18.1 Å². The van der Waals surface area contributed by atoms with E-state index in [-0.39, 0.29) is 5.92 Å². The van der Waals surface area contributed by atoms with E-state index >= 15 is 0 Å². The van der Waals surface area contributed by atoms with Crippen LogP contribution in [0.1, 0.15) is 42.4 Å². The first-order valence-corrected chi connectivity index (χ1v) is 18.7. The molecule has 0 radical (unpaired) electrons. The Morgan fingerprint density at radius 3 is 2.13 bits per heavy atom. The van der Waals surface area contributed by atoms with Crippen LogP contribution in [0.15, 0.2) is 174 Å². The number of para-hydroxylation sites is 2. The summed E-state index contributed by atoms with van der Waals surface area (Å²) in [7, 11) is 0. The summed E-state index contributed by atoms with van der Waals surface area (Å²) in [6.45, 7) is 4.56. The molecule has 2 aromatic heterocycles. The third-order valence-electron chi connectivity index (χ3n) is 11.3. The number of nitrogens with zero attached hydrogens (tertiary/aromatic N) is 1. The second-order valence-electron chi connectivity index (χ2n) is 14.5. The largest absolute Gasteiger partial charge is 0.456 e. The van der Waals surface area contributed by atoms with Crippen LogP contribution in [0.4, 0.5) is 0 Å². The summed E-state index contributed by atoms with van der Waals surface area (Å²) in [6.07, 6.45) is 8.84. The highest BCUT2D eigenvalue weighted by Gasteiger charge is 2.22. The van der Waals surface area contributed by atoms with Crippen molar-refractivity contribution < 1.29 is 4.42 Å². The molecule has 0 N–H and O–H groups in total. The maximum Gasteiger partial charge on any atom is 0.139 e. The SMILES string of the molecule is Cc1ccc(-c2ccc3c(c2)c2ccccc2n3C2=CC=CCC2)cc1-c1ccccc1C(C)c1cc(-c2ccccc2)cc2c1oc1ccccc12. The summed E-state index contributed by atoms with van der Waals surface area (Å²) < 4.78 is 9.12. The van der Waals surface area contributed by atoms with Crippen molar-refractivity contribution in [3.8, 4) is 33.4 Å². The monoisotopic (exact) mass is 681 g/mol. The van der Waals surface area contributed by atoms with Crippen molar-refractivity contribution in [1.29, 1.82) is 0 Å². The minimum atomic E-state index is 0.0763. The normalized spacial score (nSPS) is 13.7. The molecule has 1 aliphatic carbocycles. The average Bonchev–Trinajstić information content (AvgIpc) is 3.77. The first-order chi connectivity index (χ1) is 26.1. The molecule has 0 saturated heterocycles. The molecule has 1 aliphatic rings. The van der Waals surface area contributed by atoms with Gasteiger partial charge in [0.2, 0.25) is 0 Å². The Kier molecular flexibility index (Phi) is 7.51. The van der Waals surface area contributed by atoms with Crippen LogP contribution >= 0.6 is 0 Å². The molecule has 2 heterocycles. The Bertz CT molecular complexity index is 2920. The average molecular weight is 682 g/mol. The van der Waals surface area contributed by atoms with E-state index in [0.29, 0.717) is 0 Å². The van der Waals surface area contributed by atoms with Gasteiger partial charge in [-0.2, -0.15) is 0 Å². The molecular formula is C51H39NO. The smallest absolute Gasteiger partial charge is 0.139 e. The Balaban J connectivity index is 1.11. The van der Waals surface area contributed by atoms with Crippen molar-refractivity contribution in [3.05, 3.63) is 187 Å². The van der Waals surface area contributed by atoms with Gasteiger partial charge in [-0.05, 0) is 113 Å². The Hall–Kier alpha value is -6.38. The van der Waals surface area contributed by atoms with E-state index in [1.54, 1.807) is 0 Å². The predicted octanol–water partition coefficient (Wildman–Crippen LogP) is 14.3. The lowest BCUT2D eigenvalue weighted by molar-refractivity contribution is 0.659. The number of aryl methyl sites for hydroxylation is 1. The van der Waals surface area contributed by atoms with Crippen molar-refractivity contribution >= 4 is 49.4 Å². The van der Waals surface area contributed by atoms with Crippen LogP contribution < -0.4 is 0 Å². The highest BCUT2D eigenvalue weighted by molar-refractivity contribution is 6.11. The first kappa shape index (κ1) is 31.4. The van der Waals surface area contributed by atoms with Crippen LogP contribution in [0.25, 0.3) is 82.8 Å². The fourth-order valence-electron chi connectivity index (χ4n) is 8.59. The van der Waals surface area contributed by atoms with Gasteiger partial charge in [-0.15, -0.1) is 0 Å². The number of hydrogen-bond acceptors (Lipinski definition) is 1. The molecule has 2 heteroatoms. The van der Waals surface area contributed by atoms with Gasteiger partial charge in [0.05, 0.1) is 11.0 Å². The third-order valence-corrected chi connectivity index (χ3v) is 11.3. The highest BCUT2D eigenvalue weighted by atomic mass is 16.3. The fourth-order valence-corrected chi connectivity index (χ4v) is 8.59. The van der Waals surface area contributed by atoms with Crippen LogP contribution in [0.5, 0.6) is 0 Å². The summed E-state index contributed by atoms with van der Waals surface area (Å²) in [5.74, 6) is 0.0763. The van der Waals surface area contributed by atoms with Gasteiger partial charge < -0.3 is 8.98 Å². The quantitative estimate of drug-likeness (QED) is 0.171. The third kappa shape index (κ3) is 5.25. The van der Waals surface area contributed by atoms with Gasteiger partial charge >= 0.3 is 0 Å². The summed E-state index contributed by atoms with van der Waals surface area (Å²) in [4.78, 5) is 0. The van der Waals surface area contributed by atoms with Crippen LogP contribution in [-0.4, -0.2) is 4.57 Å².